The molecule has 0 amide bonds. The van der Waals surface area contributed by atoms with Crippen molar-refractivity contribution in [1.82, 2.24) is 10.3 Å². The van der Waals surface area contributed by atoms with Gasteiger partial charge in [-0.25, -0.2) is 0 Å². The van der Waals surface area contributed by atoms with Gasteiger partial charge in [-0.1, -0.05) is 33.6 Å². The summed E-state index contributed by atoms with van der Waals surface area (Å²) in [7, 11) is 0. The molecule has 2 unspecified atom stereocenters. The minimum absolute atomic E-state index is 0.195. The Morgan fingerprint density at radius 3 is 2.19 bits per heavy atom. The molecule has 2 atom stereocenters. The molecule has 16 heavy (non-hydrogen) atoms. The van der Waals surface area contributed by atoms with Crippen molar-refractivity contribution < 1.29 is 0 Å². The summed E-state index contributed by atoms with van der Waals surface area (Å²) in [5.74, 6) is 6.70. The first kappa shape index (κ1) is 13.9. The van der Waals surface area contributed by atoms with Gasteiger partial charge in [0.2, 0.25) is 0 Å². The Morgan fingerprint density at radius 2 is 1.88 bits per heavy atom. The van der Waals surface area contributed by atoms with Crippen molar-refractivity contribution >= 4 is 0 Å². The van der Waals surface area contributed by atoms with E-state index < -0.39 is 0 Å². The number of rotatable bonds is 8. The lowest BCUT2D eigenvalue weighted by Crippen LogP contribution is -2.61. The van der Waals surface area contributed by atoms with Crippen LogP contribution in [0.1, 0.15) is 53.4 Å². The van der Waals surface area contributed by atoms with E-state index >= 15 is 0 Å². The molecule has 0 aromatic rings. The zero-order chi connectivity index (χ0) is 12.2. The minimum Gasteiger partial charge on any atom is -0.297 e. The lowest BCUT2D eigenvalue weighted by atomic mass is 9.84. The molecule has 3 heteroatoms. The maximum absolute atomic E-state index is 5.78. The molecule has 0 spiro atoms. The van der Waals surface area contributed by atoms with Gasteiger partial charge in [0, 0.05) is 11.6 Å². The fourth-order valence-electron chi connectivity index (χ4n) is 2.82. The number of nitrogens with one attached hydrogen (secondary N) is 1. The van der Waals surface area contributed by atoms with Gasteiger partial charge in [-0.15, -0.1) is 0 Å². The van der Waals surface area contributed by atoms with Crippen LogP contribution in [-0.4, -0.2) is 29.6 Å². The number of hydrazine groups is 1. The molecule has 0 radical (unpaired) electrons. The Balaban J connectivity index is 2.71. The Labute approximate surface area is 101 Å². The highest BCUT2D eigenvalue weighted by Gasteiger charge is 2.39. The third kappa shape index (κ3) is 2.96. The van der Waals surface area contributed by atoms with Gasteiger partial charge in [-0.3, -0.25) is 16.2 Å². The van der Waals surface area contributed by atoms with Crippen molar-refractivity contribution in [2.24, 2.45) is 11.8 Å². The molecule has 3 nitrogen and oxygen atoms in total. The van der Waals surface area contributed by atoms with Crippen LogP contribution in [0.15, 0.2) is 0 Å². The predicted molar refractivity (Wildman–Crippen MR) is 70.1 cm³/mol. The summed E-state index contributed by atoms with van der Waals surface area (Å²) >= 11 is 0. The molecular weight excluding hydrogens is 198 g/mol. The van der Waals surface area contributed by atoms with Crippen molar-refractivity contribution in [1.29, 1.82) is 0 Å². The van der Waals surface area contributed by atoms with Gasteiger partial charge in [0.15, 0.2) is 0 Å². The van der Waals surface area contributed by atoms with Crippen molar-refractivity contribution in [3.63, 3.8) is 0 Å². The fourth-order valence-corrected chi connectivity index (χ4v) is 2.82. The average Bonchev–Trinajstić information content (AvgIpc) is 3.10. The minimum atomic E-state index is 0.195. The number of hydrogen-bond donors (Lipinski definition) is 2. The number of hydrogen-bond acceptors (Lipinski definition) is 3. The summed E-state index contributed by atoms with van der Waals surface area (Å²) in [4.78, 5) is 2.54. The van der Waals surface area contributed by atoms with Gasteiger partial charge in [0.1, 0.15) is 0 Å². The van der Waals surface area contributed by atoms with E-state index in [4.69, 9.17) is 5.84 Å². The molecular formula is C13H29N3. The molecule has 0 aromatic carbocycles. The second-order valence-electron chi connectivity index (χ2n) is 5.28. The average molecular weight is 227 g/mol. The first-order valence-electron chi connectivity index (χ1n) is 6.83. The maximum atomic E-state index is 5.78. The SMILES string of the molecule is CCN(CC)C(C)(CC)C(CC1CC1)NN. The Hall–Kier alpha value is -0.120. The van der Waals surface area contributed by atoms with E-state index in [2.05, 4.69) is 38.0 Å². The summed E-state index contributed by atoms with van der Waals surface area (Å²) in [5, 5.41) is 0. The van der Waals surface area contributed by atoms with Crippen LogP contribution in [0, 0.1) is 5.92 Å². The molecule has 1 aliphatic rings. The molecule has 0 saturated heterocycles. The predicted octanol–water partition coefficient (Wildman–Crippen LogP) is 2.13. The summed E-state index contributed by atoms with van der Waals surface area (Å²) in [6.07, 6.45) is 5.18. The molecule has 0 aromatic heterocycles. The highest BCUT2D eigenvalue weighted by molar-refractivity contribution is 4.97. The molecule has 1 fully saturated rings. The molecule has 0 aliphatic heterocycles. The second kappa shape index (κ2) is 5.99. The highest BCUT2D eigenvalue weighted by Crippen LogP contribution is 2.37. The third-order valence-electron chi connectivity index (χ3n) is 4.42. The molecule has 0 bridgehead atoms. The molecule has 1 saturated carbocycles. The van der Waals surface area contributed by atoms with E-state index in [1.54, 1.807) is 0 Å². The van der Waals surface area contributed by atoms with E-state index in [1.165, 1.54) is 19.3 Å². The summed E-state index contributed by atoms with van der Waals surface area (Å²) in [6, 6.07) is 0.421. The first-order valence-corrected chi connectivity index (χ1v) is 6.83. The van der Waals surface area contributed by atoms with Crippen LogP contribution < -0.4 is 11.3 Å². The monoisotopic (exact) mass is 227 g/mol. The number of nitrogens with zero attached hydrogens (tertiary/aromatic N) is 1. The Kier molecular flexibility index (Phi) is 5.22. The summed E-state index contributed by atoms with van der Waals surface area (Å²) in [6.45, 7) is 11.3. The molecule has 96 valence electrons. The van der Waals surface area contributed by atoms with E-state index in [-0.39, 0.29) is 5.54 Å². The largest absolute Gasteiger partial charge is 0.297 e. The zero-order valence-electron chi connectivity index (χ0n) is 11.4. The van der Waals surface area contributed by atoms with Gasteiger partial charge in [-0.2, -0.15) is 0 Å². The van der Waals surface area contributed by atoms with Gasteiger partial charge in [-0.05, 0) is 38.8 Å². The lowest BCUT2D eigenvalue weighted by Gasteiger charge is -2.45. The highest BCUT2D eigenvalue weighted by atomic mass is 15.3. The Morgan fingerprint density at radius 1 is 1.31 bits per heavy atom. The fraction of sp³-hybridized carbons (Fsp3) is 1.00. The number of likely N-dealkylation sites (N-methyl/N-ethyl adjacent to an activating group) is 1. The van der Waals surface area contributed by atoms with Crippen LogP contribution in [-0.2, 0) is 0 Å². The summed E-state index contributed by atoms with van der Waals surface area (Å²) < 4.78 is 0. The van der Waals surface area contributed by atoms with Gasteiger partial charge in [0.05, 0.1) is 0 Å². The Bertz CT molecular complexity index is 199. The third-order valence-corrected chi connectivity index (χ3v) is 4.42. The van der Waals surface area contributed by atoms with Crippen LogP contribution in [0.25, 0.3) is 0 Å². The summed E-state index contributed by atoms with van der Waals surface area (Å²) in [5.41, 5.74) is 3.27. The van der Waals surface area contributed by atoms with E-state index in [0.29, 0.717) is 6.04 Å². The lowest BCUT2D eigenvalue weighted by molar-refractivity contribution is 0.0645. The quantitative estimate of drug-likeness (QED) is 0.493. The van der Waals surface area contributed by atoms with Crippen LogP contribution in [0.2, 0.25) is 0 Å². The normalized spacial score (nSPS) is 22.1. The van der Waals surface area contributed by atoms with Gasteiger partial charge < -0.3 is 0 Å². The molecule has 0 heterocycles. The van der Waals surface area contributed by atoms with Crippen molar-refractivity contribution in [2.75, 3.05) is 13.1 Å². The smallest absolute Gasteiger partial charge is 0.0394 e. The standard InChI is InChI=1S/C13H29N3/c1-5-13(4,16(6-2)7-3)12(15-14)10-11-8-9-11/h11-12,15H,5-10,14H2,1-4H3. The van der Waals surface area contributed by atoms with E-state index in [9.17, 15) is 0 Å². The van der Waals surface area contributed by atoms with Gasteiger partial charge in [0.25, 0.3) is 0 Å². The van der Waals surface area contributed by atoms with Crippen LogP contribution >= 0.6 is 0 Å². The number of nitrogens with two attached hydrogens (primary N) is 1. The van der Waals surface area contributed by atoms with Crippen LogP contribution in [0.3, 0.4) is 0 Å². The van der Waals surface area contributed by atoms with Gasteiger partial charge >= 0.3 is 0 Å². The van der Waals surface area contributed by atoms with Crippen LogP contribution in [0.5, 0.6) is 0 Å². The zero-order valence-corrected chi connectivity index (χ0v) is 11.4. The maximum Gasteiger partial charge on any atom is 0.0394 e. The molecule has 1 rings (SSSR count). The van der Waals surface area contributed by atoms with Crippen molar-refractivity contribution in [2.45, 2.75) is 65.0 Å². The second-order valence-corrected chi connectivity index (χ2v) is 5.28. The van der Waals surface area contributed by atoms with E-state index in [1.807, 2.05) is 0 Å². The van der Waals surface area contributed by atoms with Crippen molar-refractivity contribution in [3.05, 3.63) is 0 Å². The van der Waals surface area contributed by atoms with E-state index in [0.717, 1.165) is 25.4 Å². The van der Waals surface area contributed by atoms with Crippen molar-refractivity contribution in [3.8, 4) is 0 Å². The molecule has 3 N–H and O–H groups in total. The topological polar surface area (TPSA) is 41.3 Å². The van der Waals surface area contributed by atoms with Crippen LogP contribution in [0.4, 0.5) is 0 Å². The molecule has 1 aliphatic carbocycles. The first-order chi connectivity index (χ1) is 7.62.